The van der Waals surface area contributed by atoms with Gasteiger partial charge in [-0.25, -0.2) is 0 Å². The molecule has 0 amide bonds. The third kappa shape index (κ3) is 3.50. The van der Waals surface area contributed by atoms with Crippen LogP contribution in [-0.2, 0) is 0 Å². The number of aromatic nitrogens is 2. The van der Waals surface area contributed by atoms with Crippen molar-refractivity contribution >= 4 is 76.8 Å². The minimum Gasteiger partial charge on any atom is -0.374 e. The van der Waals surface area contributed by atoms with Crippen molar-refractivity contribution in [2.24, 2.45) is 0 Å². The van der Waals surface area contributed by atoms with Crippen LogP contribution in [-0.4, -0.2) is 27.7 Å². The second kappa shape index (κ2) is 9.77. The molecule has 0 bridgehead atoms. The third-order valence-corrected chi connectivity index (χ3v) is 10.7. The fourth-order valence-corrected chi connectivity index (χ4v) is 8.64. The molecule has 4 N–H and O–H groups in total. The van der Waals surface area contributed by atoms with E-state index in [1.807, 2.05) is 0 Å². The van der Waals surface area contributed by atoms with Crippen molar-refractivity contribution < 1.29 is 0 Å². The van der Waals surface area contributed by atoms with Gasteiger partial charge >= 0.3 is 0 Å². The van der Waals surface area contributed by atoms with Crippen LogP contribution in [0, 0.1) is 0 Å². The fraction of sp³-hybridized carbons (Fsp3) is 0.0952. The number of para-hydroxylation sites is 4. The number of nitrogens with zero attached hydrogens (tertiary/aromatic N) is 2. The minimum atomic E-state index is -0.0989. The molecule has 0 saturated carbocycles. The lowest BCUT2D eigenvalue weighted by atomic mass is 10.0. The van der Waals surface area contributed by atoms with Gasteiger partial charge in [0.15, 0.2) is 0 Å². The molecular formula is C42H32N6. The van der Waals surface area contributed by atoms with E-state index >= 15 is 0 Å². The van der Waals surface area contributed by atoms with E-state index in [1.54, 1.807) is 0 Å². The molecule has 11 rings (SSSR count). The lowest BCUT2D eigenvalue weighted by Gasteiger charge is -2.43. The average molecular weight is 621 g/mol. The van der Waals surface area contributed by atoms with Crippen LogP contribution in [0.3, 0.4) is 0 Å². The van der Waals surface area contributed by atoms with Crippen LogP contribution < -0.4 is 21.3 Å². The zero-order valence-corrected chi connectivity index (χ0v) is 26.1. The summed E-state index contributed by atoms with van der Waals surface area (Å²) in [6, 6.07) is 48.4. The number of nitrogens with one attached hydrogen (secondary N) is 4. The maximum Gasteiger partial charge on any atom is 0.128 e. The summed E-state index contributed by atoms with van der Waals surface area (Å²) in [5.74, 6) is 0. The Morgan fingerprint density at radius 3 is 1.98 bits per heavy atom. The Labute approximate surface area is 276 Å². The van der Waals surface area contributed by atoms with Crippen LogP contribution in [0.15, 0.2) is 140 Å². The first-order valence-corrected chi connectivity index (χ1v) is 16.8. The van der Waals surface area contributed by atoms with E-state index in [9.17, 15) is 0 Å². The lowest BCUT2D eigenvalue weighted by molar-refractivity contribution is 0.347. The van der Waals surface area contributed by atoms with E-state index in [1.165, 1.54) is 71.0 Å². The van der Waals surface area contributed by atoms with Crippen LogP contribution in [0.2, 0.25) is 0 Å². The summed E-state index contributed by atoms with van der Waals surface area (Å²) in [6.45, 7) is 0.781. The van der Waals surface area contributed by atoms with E-state index in [0.29, 0.717) is 0 Å². The molecule has 3 unspecified atom stereocenters. The molecule has 9 aromatic rings. The molecule has 6 nitrogen and oxygen atoms in total. The maximum atomic E-state index is 4.01. The molecule has 6 aromatic carbocycles. The molecule has 2 aliphatic heterocycles. The predicted octanol–water partition coefficient (Wildman–Crippen LogP) is 8.91. The van der Waals surface area contributed by atoms with E-state index < -0.39 is 0 Å². The molecule has 2 aliphatic rings. The van der Waals surface area contributed by atoms with Crippen LogP contribution >= 0.6 is 0 Å². The molecule has 0 fully saturated rings. The minimum absolute atomic E-state index is 0.0195. The van der Waals surface area contributed by atoms with Gasteiger partial charge in [0.05, 0.1) is 45.0 Å². The van der Waals surface area contributed by atoms with Crippen molar-refractivity contribution in [3.05, 3.63) is 145 Å². The van der Waals surface area contributed by atoms with Gasteiger partial charge in [0.2, 0.25) is 0 Å². The van der Waals surface area contributed by atoms with Gasteiger partial charge < -0.3 is 24.9 Å². The van der Waals surface area contributed by atoms with Gasteiger partial charge in [-0.2, -0.15) is 0 Å². The number of hydrogen-bond donors (Lipinski definition) is 4. The second-order valence-corrected chi connectivity index (χ2v) is 13.2. The lowest BCUT2D eigenvalue weighted by Crippen LogP contribution is -2.59. The molecule has 230 valence electrons. The Hall–Kier alpha value is -5.98. The molecule has 48 heavy (non-hydrogen) atoms. The van der Waals surface area contributed by atoms with Gasteiger partial charge in [0.1, 0.15) is 12.3 Å². The molecule has 6 heteroatoms. The van der Waals surface area contributed by atoms with Gasteiger partial charge in [-0.05, 0) is 52.9 Å². The third-order valence-electron chi connectivity index (χ3n) is 10.7. The topological polar surface area (TPSA) is 57.5 Å². The summed E-state index contributed by atoms with van der Waals surface area (Å²) in [4.78, 5) is 0. The van der Waals surface area contributed by atoms with Gasteiger partial charge in [-0.3, -0.25) is 5.32 Å². The molecule has 0 radical (unpaired) electrons. The zero-order chi connectivity index (χ0) is 31.3. The SMILES string of the molecule is C1=C(c2ccccc2)CNC(C2Nc3ccccc3NC2n2c3cccc4c5cccc6c7ccccc7n(c7cccc2c7c43)c56)N1. The highest BCUT2D eigenvalue weighted by Gasteiger charge is 2.37. The molecule has 3 atom stereocenters. The number of rotatable bonds is 3. The van der Waals surface area contributed by atoms with Crippen molar-refractivity contribution in [2.75, 3.05) is 17.2 Å². The highest BCUT2D eigenvalue weighted by molar-refractivity contribution is 6.31. The maximum absolute atomic E-state index is 4.01. The quantitative estimate of drug-likeness (QED) is 0.159. The Morgan fingerprint density at radius 1 is 0.521 bits per heavy atom. The summed E-state index contributed by atoms with van der Waals surface area (Å²) in [5.41, 5.74) is 10.9. The van der Waals surface area contributed by atoms with Gasteiger partial charge in [-0.15, -0.1) is 0 Å². The first-order chi connectivity index (χ1) is 23.8. The van der Waals surface area contributed by atoms with E-state index in [4.69, 9.17) is 0 Å². The normalized spacial score (nSPS) is 19.5. The largest absolute Gasteiger partial charge is 0.374 e. The smallest absolute Gasteiger partial charge is 0.128 e. The molecule has 0 saturated heterocycles. The van der Waals surface area contributed by atoms with Crippen molar-refractivity contribution in [2.45, 2.75) is 18.4 Å². The first kappa shape index (κ1) is 26.1. The van der Waals surface area contributed by atoms with Gasteiger partial charge in [0.25, 0.3) is 0 Å². The van der Waals surface area contributed by atoms with Crippen LogP contribution in [0.1, 0.15) is 11.7 Å². The van der Waals surface area contributed by atoms with Crippen molar-refractivity contribution in [1.29, 1.82) is 0 Å². The fourth-order valence-electron chi connectivity index (χ4n) is 8.64. The highest BCUT2D eigenvalue weighted by Crippen LogP contribution is 2.45. The van der Waals surface area contributed by atoms with Crippen molar-refractivity contribution in [1.82, 2.24) is 19.6 Å². The Morgan fingerprint density at radius 2 is 1.15 bits per heavy atom. The standard InChI is InChI=1S/C42H32N6/c1-2-11-25(12-3-1)26-23-43-41(44-24-26)39-42(46-32-18-6-5-17-31(32)45-39)48-34-20-9-14-28-30-16-8-15-29-27-13-4-7-19-33(27)47(40(29)30)35-21-10-22-36(48)38(35)37(28)34/h1-23,39,41-46H,24H2. The number of fused-ring (bicyclic) bond motifs is 6. The summed E-state index contributed by atoms with van der Waals surface area (Å²) in [5, 5.41) is 23.3. The number of benzene rings is 6. The summed E-state index contributed by atoms with van der Waals surface area (Å²) < 4.78 is 5.05. The summed E-state index contributed by atoms with van der Waals surface area (Å²) in [6.07, 6.45) is 2.07. The summed E-state index contributed by atoms with van der Waals surface area (Å²) in [7, 11) is 0. The van der Waals surface area contributed by atoms with E-state index in [-0.39, 0.29) is 18.4 Å². The second-order valence-electron chi connectivity index (χ2n) is 13.2. The van der Waals surface area contributed by atoms with Gasteiger partial charge in [0, 0.05) is 39.7 Å². The van der Waals surface area contributed by atoms with Crippen LogP contribution in [0.5, 0.6) is 0 Å². The predicted molar refractivity (Wildman–Crippen MR) is 200 cm³/mol. The molecular weight excluding hydrogens is 589 g/mol. The van der Waals surface area contributed by atoms with E-state index in [0.717, 1.165) is 17.9 Å². The zero-order valence-electron chi connectivity index (χ0n) is 26.1. The first-order valence-electron chi connectivity index (χ1n) is 16.8. The molecule has 0 aliphatic carbocycles. The molecule has 3 aromatic heterocycles. The number of anilines is 2. The van der Waals surface area contributed by atoms with Crippen LogP contribution in [0.4, 0.5) is 11.4 Å². The molecule has 0 spiro atoms. The number of hydrogen-bond acceptors (Lipinski definition) is 4. The Bertz CT molecular complexity index is 2740. The Kier molecular flexibility index (Phi) is 5.32. The van der Waals surface area contributed by atoms with Crippen molar-refractivity contribution in [3.8, 4) is 0 Å². The molecule has 5 heterocycles. The highest BCUT2D eigenvalue weighted by atomic mass is 15.3. The van der Waals surface area contributed by atoms with Gasteiger partial charge in [-0.1, -0.05) is 97.1 Å². The van der Waals surface area contributed by atoms with Crippen molar-refractivity contribution in [3.63, 3.8) is 0 Å². The van der Waals surface area contributed by atoms with Crippen LogP contribution in [0.25, 0.3) is 65.5 Å². The monoisotopic (exact) mass is 620 g/mol. The average Bonchev–Trinajstić information content (AvgIpc) is 3.63. The summed E-state index contributed by atoms with van der Waals surface area (Å²) >= 11 is 0. The Balaban J connectivity index is 1.18. The van der Waals surface area contributed by atoms with E-state index in [2.05, 4.69) is 170 Å².